The van der Waals surface area contributed by atoms with Crippen LogP contribution in [-0.2, 0) is 22.5 Å². The summed E-state index contributed by atoms with van der Waals surface area (Å²) in [6.45, 7) is 8.27. The summed E-state index contributed by atoms with van der Waals surface area (Å²) in [6.07, 6.45) is 0.486. The van der Waals surface area contributed by atoms with Gasteiger partial charge in [0.1, 0.15) is 5.60 Å². The maximum Gasteiger partial charge on any atom is 0.410 e. The zero-order chi connectivity index (χ0) is 16.5. The summed E-state index contributed by atoms with van der Waals surface area (Å²) in [5, 5.41) is 2.84. The molecule has 0 unspecified atom stereocenters. The molecule has 1 aromatic carbocycles. The fourth-order valence-corrected chi connectivity index (χ4v) is 3.31. The molecule has 22 heavy (non-hydrogen) atoms. The molecule has 0 saturated heterocycles. The molecule has 1 aliphatic rings. The number of anilines is 1. The Hall–Kier alpha value is -1.31. The van der Waals surface area contributed by atoms with Crippen molar-refractivity contribution in [3.8, 4) is 0 Å². The summed E-state index contributed by atoms with van der Waals surface area (Å²) in [5.74, 6) is -0.0796. The molecule has 5 nitrogen and oxygen atoms in total. The molecule has 0 aromatic heterocycles. The lowest BCUT2D eigenvalue weighted by molar-refractivity contribution is -0.114. The summed E-state index contributed by atoms with van der Waals surface area (Å²) in [7, 11) is 0. The van der Waals surface area contributed by atoms with E-state index in [1.54, 1.807) is 4.90 Å². The highest BCUT2D eigenvalue weighted by Gasteiger charge is 2.27. The standard InChI is InChI=1S/C16H21IN2O3/c1-10(20)18-13-6-5-11-9-19(8-7-12(11)14(13)17)15(21)22-16(2,3)4/h5-6H,7-9H2,1-4H3,(H,18,20). The Bertz CT molecular complexity index is 608. The maximum atomic E-state index is 12.2. The van der Waals surface area contributed by atoms with Crippen LogP contribution in [0, 0.1) is 3.57 Å². The van der Waals surface area contributed by atoms with E-state index in [4.69, 9.17) is 4.74 Å². The van der Waals surface area contributed by atoms with Gasteiger partial charge in [-0.15, -0.1) is 0 Å². The molecule has 0 spiro atoms. The summed E-state index contributed by atoms with van der Waals surface area (Å²) >= 11 is 2.25. The third kappa shape index (κ3) is 4.12. The highest BCUT2D eigenvalue weighted by Crippen LogP contribution is 2.30. The molecule has 6 heteroatoms. The minimum atomic E-state index is -0.485. The van der Waals surface area contributed by atoms with E-state index < -0.39 is 5.60 Å². The van der Waals surface area contributed by atoms with E-state index in [9.17, 15) is 9.59 Å². The number of hydrogen-bond donors (Lipinski definition) is 1. The smallest absolute Gasteiger partial charge is 0.410 e. The normalized spacial score (nSPS) is 14.3. The Morgan fingerprint density at radius 2 is 2.00 bits per heavy atom. The molecule has 0 radical (unpaired) electrons. The maximum absolute atomic E-state index is 12.2. The first-order chi connectivity index (χ1) is 10.2. The number of amides is 2. The molecular weight excluding hydrogens is 395 g/mol. The van der Waals surface area contributed by atoms with Crippen molar-refractivity contribution in [3.63, 3.8) is 0 Å². The van der Waals surface area contributed by atoms with E-state index in [-0.39, 0.29) is 12.0 Å². The van der Waals surface area contributed by atoms with Gasteiger partial charge in [0.05, 0.1) is 5.69 Å². The Morgan fingerprint density at radius 1 is 1.32 bits per heavy atom. The lowest BCUT2D eigenvalue weighted by Crippen LogP contribution is -2.40. The summed E-state index contributed by atoms with van der Waals surface area (Å²) in [6, 6.07) is 3.86. The molecule has 0 bridgehead atoms. The number of ether oxygens (including phenoxy) is 1. The van der Waals surface area contributed by atoms with Crippen LogP contribution in [-0.4, -0.2) is 29.0 Å². The monoisotopic (exact) mass is 416 g/mol. The molecule has 1 heterocycles. The van der Waals surface area contributed by atoms with Crippen molar-refractivity contribution in [2.24, 2.45) is 0 Å². The number of carbonyl (C=O) groups is 2. The number of carbonyl (C=O) groups excluding carboxylic acids is 2. The van der Waals surface area contributed by atoms with E-state index in [1.807, 2.05) is 32.9 Å². The van der Waals surface area contributed by atoms with Gasteiger partial charge in [0.15, 0.2) is 0 Å². The molecule has 0 atom stereocenters. The molecule has 120 valence electrons. The van der Waals surface area contributed by atoms with Crippen molar-refractivity contribution >= 4 is 40.3 Å². The molecule has 1 aromatic rings. The second-order valence-corrected chi connectivity index (χ2v) is 7.48. The number of rotatable bonds is 1. The van der Waals surface area contributed by atoms with Gasteiger partial charge in [-0.2, -0.15) is 0 Å². The Labute approximate surface area is 144 Å². The second-order valence-electron chi connectivity index (χ2n) is 6.40. The van der Waals surface area contributed by atoms with Gasteiger partial charge >= 0.3 is 6.09 Å². The van der Waals surface area contributed by atoms with Crippen molar-refractivity contribution in [1.29, 1.82) is 0 Å². The van der Waals surface area contributed by atoms with Crippen LogP contribution in [0.2, 0.25) is 0 Å². The van der Waals surface area contributed by atoms with Crippen molar-refractivity contribution in [2.45, 2.75) is 46.3 Å². The lowest BCUT2D eigenvalue weighted by Gasteiger charge is -2.32. The number of halogens is 1. The second kappa shape index (κ2) is 6.44. The third-order valence-corrected chi connectivity index (χ3v) is 4.53. The van der Waals surface area contributed by atoms with Crippen molar-refractivity contribution < 1.29 is 14.3 Å². The number of hydrogen-bond acceptors (Lipinski definition) is 3. The van der Waals surface area contributed by atoms with Crippen LogP contribution in [0.15, 0.2) is 12.1 Å². The Balaban J connectivity index is 2.17. The van der Waals surface area contributed by atoms with Crippen LogP contribution >= 0.6 is 22.6 Å². The highest BCUT2D eigenvalue weighted by molar-refractivity contribution is 14.1. The first-order valence-corrected chi connectivity index (χ1v) is 8.31. The van der Waals surface area contributed by atoms with Crippen molar-refractivity contribution in [3.05, 3.63) is 26.8 Å². The third-order valence-electron chi connectivity index (χ3n) is 3.30. The SMILES string of the molecule is CC(=O)Nc1ccc2c(c1I)CCN(C(=O)OC(C)(C)C)C2. The van der Waals surface area contributed by atoms with Crippen LogP contribution < -0.4 is 5.32 Å². The molecule has 0 aliphatic carbocycles. The largest absolute Gasteiger partial charge is 0.444 e. The zero-order valence-electron chi connectivity index (χ0n) is 13.3. The fourth-order valence-electron chi connectivity index (χ4n) is 2.38. The van der Waals surface area contributed by atoms with E-state index in [0.29, 0.717) is 13.1 Å². The van der Waals surface area contributed by atoms with E-state index >= 15 is 0 Å². The topological polar surface area (TPSA) is 58.6 Å². The molecule has 1 aliphatic heterocycles. The first-order valence-electron chi connectivity index (χ1n) is 7.23. The number of nitrogens with one attached hydrogen (secondary N) is 1. The summed E-state index contributed by atoms with van der Waals surface area (Å²) in [4.78, 5) is 25.1. The molecule has 2 amide bonds. The zero-order valence-corrected chi connectivity index (χ0v) is 15.5. The van der Waals surface area contributed by atoms with Gasteiger partial charge in [0.2, 0.25) is 5.91 Å². The minimum Gasteiger partial charge on any atom is -0.444 e. The first kappa shape index (κ1) is 17.1. The van der Waals surface area contributed by atoms with Gasteiger partial charge in [0.25, 0.3) is 0 Å². The van der Waals surface area contributed by atoms with E-state index in [0.717, 1.165) is 21.2 Å². The van der Waals surface area contributed by atoms with Crippen molar-refractivity contribution in [1.82, 2.24) is 4.90 Å². The molecule has 1 N–H and O–H groups in total. The van der Waals surface area contributed by atoms with Crippen LogP contribution in [0.4, 0.5) is 10.5 Å². The molecular formula is C16H21IN2O3. The molecule has 0 saturated carbocycles. The minimum absolute atomic E-state index is 0.0796. The van der Waals surface area contributed by atoms with E-state index in [1.165, 1.54) is 12.5 Å². The highest BCUT2D eigenvalue weighted by atomic mass is 127. The predicted molar refractivity (Wildman–Crippen MR) is 93.8 cm³/mol. The summed E-state index contributed by atoms with van der Waals surface area (Å²) < 4.78 is 6.48. The van der Waals surface area contributed by atoms with Crippen LogP contribution in [0.5, 0.6) is 0 Å². The van der Waals surface area contributed by atoms with Crippen molar-refractivity contribution in [2.75, 3.05) is 11.9 Å². The summed E-state index contributed by atoms with van der Waals surface area (Å²) in [5.41, 5.74) is 2.65. The number of benzene rings is 1. The van der Waals surface area contributed by atoms with Gasteiger partial charge in [-0.05, 0) is 67.0 Å². The van der Waals surface area contributed by atoms with Crippen LogP contribution in [0.3, 0.4) is 0 Å². The van der Waals surface area contributed by atoms with Gasteiger partial charge in [-0.1, -0.05) is 6.07 Å². The number of nitrogens with zero attached hydrogens (tertiary/aromatic N) is 1. The molecule has 2 rings (SSSR count). The van der Waals surface area contributed by atoms with Gasteiger partial charge in [-0.25, -0.2) is 4.79 Å². The average molecular weight is 416 g/mol. The van der Waals surface area contributed by atoms with Gasteiger partial charge in [0, 0.05) is 23.6 Å². The average Bonchev–Trinajstić information content (AvgIpc) is 2.39. The van der Waals surface area contributed by atoms with E-state index in [2.05, 4.69) is 27.9 Å². The Morgan fingerprint density at radius 3 is 2.59 bits per heavy atom. The quantitative estimate of drug-likeness (QED) is 0.713. The number of fused-ring (bicyclic) bond motifs is 1. The predicted octanol–water partition coefficient (Wildman–Crippen LogP) is 3.54. The van der Waals surface area contributed by atoms with Crippen LogP contribution in [0.1, 0.15) is 38.8 Å². The fraction of sp³-hybridized carbons (Fsp3) is 0.500. The van der Waals surface area contributed by atoms with Crippen LogP contribution in [0.25, 0.3) is 0 Å². The van der Waals surface area contributed by atoms with Gasteiger partial charge in [-0.3, -0.25) is 4.79 Å². The Kier molecular flexibility index (Phi) is 4.99. The lowest BCUT2D eigenvalue weighted by atomic mass is 9.99. The molecule has 0 fully saturated rings. The van der Waals surface area contributed by atoms with Gasteiger partial charge < -0.3 is 15.0 Å².